The van der Waals surface area contributed by atoms with Gasteiger partial charge in [0.15, 0.2) is 9.84 Å². The number of hydrogen-bond acceptors (Lipinski definition) is 3. The molecule has 0 aliphatic heterocycles. The van der Waals surface area contributed by atoms with Gasteiger partial charge in [-0.15, -0.1) is 0 Å². The molecule has 0 radical (unpaired) electrons. The summed E-state index contributed by atoms with van der Waals surface area (Å²) in [5, 5.41) is -0.0794. The van der Waals surface area contributed by atoms with Crippen LogP contribution in [0.5, 0.6) is 0 Å². The molecule has 1 aromatic carbocycles. The molecule has 1 rings (SSSR count). The molecule has 14 heavy (non-hydrogen) atoms. The van der Waals surface area contributed by atoms with Crippen LogP contribution in [0, 0.1) is 0 Å². The van der Waals surface area contributed by atoms with E-state index in [0.29, 0.717) is 6.29 Å². The highest BCUT2D eigenvalue weighted by Crippen LogP contribution is 2.30. The Morgan fingerprint density at radius 3 is 1.93 bits per heavy atom. The number of benzene rings is 1. The summed E-state index contributed by atoms with van der Waals surface area (Å²) in [6, 6.07) is 2.52. The summed E-state index contributed by atoms with van der Waals surface area (Å²) < 4.78 is 22.4. The maximum Gasteiger partial charge on any atom is 0.178 e. The van der Waals surface area contributed by atoms with Gasteiger partial charge < -0.3 is 0 Å². The molecule has 76 valence electrons. The molecule has 0 saturated heterocycles. The third kappa shape index (κ3) is 2.26. The van der Waals surface area contributed by atoms with Gasteiger partial charge in [-0.3, -0.25) is 4.79 Å². The second kappa shape index (κ2) is 3.88. The standard InChI is InChI=1S/C8H6Cl2O3S/c1-14(12,13)8-6(9)2-5(4-11)3-7(8)10/h2-4H,1H3. The van der Waals surface area contributed by atoms with Crippen molar-refractivity contribution >= 4 is 39.3 Å². The van der Waals surface area contributed by atoms with Crippen molar-refractivity contribution in [2.75, 3.05) is 6.26 Å². The van der Waals surface area contributed by atoms with Gasteiger partial charge in [-0.05, 0) is 12.1 Å². The summed E-state index contributed by atoms with van der Waals surface area (Å²) >= 11 is 11.4. The molecule has 0 spiro atoms. The summed E-state index contributed by atoms with van der Waals surface area (Å²) in [4.78, 5) is 10.3. The van der Waals surface area contributed by atoms with Crippen molar-refractivity contribution in [3.8, 4) is 0 Å². The first-order valence-corrected chi connectivity index (χ1v) is 6.15. The van der Waals surface area contributed by atoms with Crippen LogP contribution < -0.4 is 0 Å². The van der Waals surface area contributed by atoms with E-state index in [4.69, 9.17) is 23.2 Å². The van der Waals surface area contributed by atoms with Gasteiger partial charge in [-0.25, -0.2) is 8.42 Å². The van der Waals surface area contributed by atoms with Gasteiger partial charge in [-0.2, -0.15) is 0 Å². The van der Waals surface area contributed by atoms with E-state index in [1.165, 1.54) is 12.1 Å². The lowest BCUT2D eigenvalue weighted by Gasteiger charge is -2.04. The van der Waals surface area contributed by atoms with Crippen LogP contribution in [0.1, 0.15) is 10.4 Å². The molecule has 0 aliphatic carbocycles. The van der Waals surface area contributed by atoms with Crippen molar-refractivity contribution in [1.82, 2.24) is 0 Å². The Labute approximate surface area is 91.6 Å². The number of carbonyl (C=O) groups is 1. The second-order valence-electron chi connectivity index (χ2n) is 2.70. The minimum atomic E-state index is -3.47. The van der Waals surface area contributed by atoms with E-state index in [0.717, 1.165) is 6.26 Å². The molecule has 0 N–H and O–H groups in total. The molecular formula is C8H6Cl2O3S. The van der Waals surface area contributed by atoms with Gasteiger partial charge in [0.25, 0.3) is 0 Å². The predicted octanol–water partition coefficient (Wildman–Crippen LogP) is 2.21. The lowest BCUT2D eigenvalue weighted by Crippen LogP contribution is -2.00. The van der Waals surface area contributed by atoms with E-state index in [-0.39, 0.29) is 20.5 Å². The lowest BCUT2D eigenvalue weighted by atomic mass is 10.2. The average molecular weight is 253 g/mol. The van der Waals surface area contributed by atoms with Gasteiger partial charge in [0.1, 0.15) is 11.2 Å². The molecule has 0 unspecified atom stereocenters. The van der Waals surface area contributed by atoms with Crippen LogP contribution in [0.4, 0.5) is 0 Å². The number of carbonyl (C=O) groups excluding carboxylic acids is 1. The van der Waals surface area contributed by atoms with E-state index < -0.39 is 9.84 Å². The van der Waals surface area contributed by atoms with Crippen LogP contribution in [0.15, 0.2) is 17.0 Å². The van der Waals surface area contributed by atoms with E-state index in [1.807, 2.05) is 0 Å². The second-order valence-corrected chi connectivity index (χ2v) is 5.47. The molecule has 0 bridgehead atoms. The zero-order valence-electron chi connectivity index (χ0n) is 7.12. The normalized spacial score (nSPS) is 11.4. The minimum Gasteiger partial charge on any atom is -0.298 e. The molecule has 0 amide bonds. The molecule has 6 heteroatoms. The predicted molar refractivity (Wildman–Crippen MR) is 55.0 cm³/mol. The molecule has 0 aromatic heterocycles. The third-order valence-corrected chi connectivity index (χ3v) is 3.53. The van der Waals surface area contributed by atoms with Gasteiger partial charge in [0, 0.05) is 11.8 Å². The Morgan fingerprint density at radius 1 is 1.21 bits per heavy atom. The van der Waals surface area contributed by atoms with Crippen LogP contribution in [0.25, 0.3) is 0 Å². The van der Waals surface area contributed by atoms with Gasteiger partial charge in [0.2, 0.25) is 0 Å². The van der Waals surface area contributed by atoms with Crippen molar-refractivity contribution < 1.29 is 13.2 Å². The summed E-state index contributed by atoms with van der Waals surface area (Å²) in [5.74, 6) is 0. The van der Waals surface area contributed by atoms with Crippen LogP contribution >= 0.6 is 23.2 Å². The topological polar surface area (TPSA) is 51.2 Å². The number of sulfone groups is 1. The molecule has 0 heterocycles. The van der Waals surface area contributed by atoms with Gasteiger partial charge in [-0.1, -0.05) is 23.2 Å². The first-order chi connectivity index (χ1) is 6.36. The Kier molecular flexibility index (Phi) is 3.19. The number of aldehydes is 1. The van der Waals surface area contributed by atoms with Gasteiger partial charge in [0.05, 0.1) is 10.0 Å². The highest BCUT2D eigenvalue weighted by molar-refractivity contribution is 7.91. The quantitative estimate of drug-likeness (QED) is 0.759. The fraction of sp³-hybridized carbons (Fsp3) is 0.125. The first-order valence-electron chi connectivity index (χ1n) is 3.50. The molecule has 0 atom stereocenters. The Balaban J connectivity index is 3.56. The smallest absolute Gasteiger partial charge is 0.178 e. The molecule has 0 fully saturated rings. The fourth-order valence-corrected chi connectivity index (χ4v) is 3.17. The summed E-state index contributed by atoms with van der Waals surface area (Å²) in [6.07, 6.45) is 1.55. The molecule has 3 nitrogen and oxygen atoms in total. The zero-order valence-corrected chi connectivity index (χ0v) is 9.45. The SMILES string of the molecule is CS(=O)(=O)c1c(Cl)cc(C=O)cc1Cl. The highest BCUT2D eigenvalue weighted by atomic mass is 35.5. The Morgan fingerprint density at radius 2 is 1.64 bits per heavy atom. The molecule has 0 aliphatic rings. The number of rotatable bonds is 2. The monoisotopic (exact) mass is 252 g/mol. The minimum absolute atomic E-state index is 0.0397. The number of hydrogen-bond donors (Lipinski definition) is 0. The molecule has 1 aromatic rings. The lowest BCUT2D eigenvalue weighted by molar-refractivity contribution is 0.112. The molecular weight excluding hydrogens is 247 g/mol. The van der Waals surface area contributed by atoms with Crippen molar-refractivity contribution in [3.63, 3.8) is 0 Å². The van der Waals surface area contributed by atoms with E-state index in [2.05, 4.69) is 0 Å². The van der Waals surface area contributed by atoms with E-state index in [1.54, 1.807) is 0 Å². The largest absolute Gasteiger partial charge is 0.298 e. The number of halogens is 2. The van der Waals surface area contributed by atoms with E-state index in [9.17, 15) is 13.2 Å². The van der Waals surface area contributed by atoms with E-state index >= 15 is 0 Å². The van der Waals surface area contributed by atoms with Crippen molar-refractivity contribution in [1.29, 1.82) is 0 Å². The van der Waals surface area contributed by atoms with Crippen LogP contribution in [-0.2, 0) is 9.84 Å². The van der Waals surface area contributed by atoms with Crippen LogP contribution in [0.3, 0.4) is 0 Å². The van der Waals surface area contributed by atoms with Gasteiger partial charge >= 0.3 is 0 Å². The van der Waals surface area contributed by atoms with Crippen molar-refractivity contribution in [3.05, 3.63) is 27.7 Å². The third-order valence-electron chi connectivity index (χ3n) is 1.53. The van der Waals surface area contributed by atoms with Crippen molar-refractivity contribution in [2.24, 2.45) is 0 Å². The highest BCUT2D eigenvalue weighted by Gasteiger charge is 2.17. The average Bonchev–Trinajstić information content (AvgIpc) is 1.99. The molecule has 0 saturated carbocycles. The summed E-state index contributed by atoms with van der Waals surface area (Å²) in [7, 11) is -3.47. The Bertz CT molecular complexity index is 456. The first kappa shape index (κ1) is 11.5. The maximum atomic E-state index is 11.2. The summed E-state index contributed by atoms with van der Waals surface area (Å²) in [5.41, 5.74) is 0.243. The maximum absolute atomic E-state index is 11.2. The zero-order chi connectivity index (χ0) is 10.9. The summed E-state index contributed by atoms with van der Waals surface area (Å²) in [6.45, 7) is 0. The fourth-order valence-electron chi connectivity index (χ4n) is 1.00. The van der Waals surface area contributed by atoms with Crippen molar-refractivity contribution in [2.45, 2.75) is 4.90 Å². The van der Waals surface area contributed by atoms with Crippen LogP contribution in [0.2, 0.25) is 10.0 Å². The van der Waals surface area contributed by atoms with Crippen LogP contribution in [-0.4, -0.2) is 21.0 Å². The Hall–Kier alpha value is -0.580.